The highest BCUT2D eigenvalue weighted by Crippen LogP contribution is 2.23. The van der Waals surface area contributed by atoms with Crippen LogP contribution in [-0.4, -0.2) is 35.5 Å². The van der Waals surface area contributed by atoms with Gasteiger partial charge in [-0.2, -0.15) is 5.26 Å². The van der Waals surface area contributed by atoms with Gasteiger partial charge >= 0.3 is 0 Å². The predicted molar refractivity (Wildman–Crippen MR) is 88.3 cm³/mol. The Kier molecular flexibility index (Phi) is 4.63. The summed E-state index contributed by atoms with van der Waals surface area (Å²) in [5, 5.41) is 12.7. The first-order valence-corrected chi connectivity index (χ1v) is 7.99. The zero-order valence-corrected chi connectivity index (χ0v) is 13.5. The topological polar surface area (TPSA) is 84.1 Å². The predicted octanol–water partition coefficient (Wildman–Crippen LogP) is 1.80. The van der Waals surface area contributed by atoms with E-state index < -0.39 is 17.6 Å². The first-order chi connectivity index (χ1) is 11.6. The molecule has 1 aliphatic rings. The van der Waals surface area contributed by atoms with E-state index in [2.05, 4.69) is 5.32 Å². The van der Waals surface area contributed by atoms with Gasteiger partial charge in [-0.05, 0) is 18.9 Å². The van der Waals surface area contributed by atoms with Crippen molar-refractivity contribution in [3.8, 4) is 6.07 Å². The molecule has 2 heterocycles. The SMILES string of the molecule is Cn1cc(C(=O)[C@H](C#N)C(=O)NC[C@H]2CCCO2)c2ccccc21. The lowest BCUT2D eigenvalue weighted by atomic mass is 9.97. The number of Topliss-reactive ketones (excluding diaryl/α,β-unsaturated/α-hetero) is 1. The first kappa shape index (κ1) is 16.2. The van der Waals surface area contributed by atoms with Crippen LogP contribution in [0.2, 0.25) is 0 Å². The van der Waals surface area contributed by atoms with E-state index in [1.165, 1.54) is 0 Å². The number of rotatable bonds is 5. The fourth-order valence-corrected chi connectivity index (χ4v) is 3.05. The number of aryl methyl sites for hydroxylation is 1. The molecular formula is C18H19N3O3. The van der Waals surface area contributed by atoms with Crippen molar-refractivity contribution in [3.63, 3.8) is 0 Å². The maximum absolute atomic E-state index is 12.7. The molecule has 1 saturated heterocycles. The van der Waals surface area contributed by atoms with Crippen LogP contribution in [0, 0.1) is 17.2 Å². The number of benzene rings is 1. The molecule has 3 rings (SSSR count). The van der Waals surface area contributed by atoms with E-state index in [-0.39, 0.29) is 6.10 Å². The van der Waals surface area contributed by atoms with E-state index in [4.69, 9.17) is 4.74 Å². The van der Waals surface area contributed by atoms with Crippen molar-refractivity contribution in [3.05, 3.63) is 36.0 Å². The average Bonchev–Trinajstić information content (AvgIpc) is 3.22. The molecule has 1 aromatic carbocycles. The molecule has 0 aliphatic carbocycles. The number of amides is 1. The van der Waals surface area contributed by atoms with E-state index in [0.717, 1.165) is 23.7 Å². The second-order valence-electron chi connectivity index (χ2n) is 5.98. The van der Waals surface area contributed by atoms with Crippen LogP contribution in [0.1, 0.15) is 23.2 Å². The summed E-state index contributed by atoms with van der Waals surface area (Å²) in [4.78, 5) is 25.0. The number of hydrogen-bond acceptors (Lipinski definition) is 4. The van der Waals surface area contributed by atoms with Gasteiger partial charge in [-0.15, -0.1) is 0 Å². The van der Waals surface area contributed by atoms with Crippen LogP contribution in [0.3, 0.4) is 0 Å². The molecule has 1 fully saturated rings. The third kappa shape index (κ3) is 3.03. The van der Waals surface area contributed by atoms with Crippen molar-refractivity contribution in [1.82, 2.24) is 9.88 Å². The highest BCUT2D eigenvalue weighted by molar-refractivity contribution is 6.17. The molecule has 1 N–H and O–H groups in total. The Morgan fingerprint density at radius 2 is 2.25 bits per heavy atom. The van der Waals surface area contributed by atoms with Crippen LogP contribution < -0.4 is 5.32 Å². The second-order valence-corrected chi connectivity index (χ2v) is 5.98. The molecule has 6 nitrogen and oxygen atoms in total. The van der Waals surface area contributed by atoms with Crippen molar-refractivity contribution in [2.24, 2.45) is 13.0 Å². The van der Waals surface area contributed by atoms with Gasteiger partial charge in [0, 0.05) is 42.9 Å². The van der Waals surface area contributed by atoms with Crippen LogP contribution in [0.5, 0.6) is 0 Å². The lowest BCUT2D eigenvalue weighted by molar-refractivity contribution is -0.122. The minimum atomic E-state index is -1.35. The number of nitrogens with zero attached hydrogens (tertiary/aromatic N) is 2. The lowest BCUT2D eigenvalue weighted by Gasteiger charge is -2.12. The average molecular weight is 325 g/mol. The minimum Gasteiger partial charge on any atom is -0.376 e. The third-order valence-electron chi connectivity index (χ3n) is 4.34. The van der Waals surface area contributed by atoms with Gasteiger partial charge in [0.05, 0.1) is 12.2 Å². The maximum atomic E-state index is 12.7. The largest absolute Gasteiger partial charge is 0.376 e. The Morgan fingerprint density at radius 1 is 1.46 bits per heavy atom. The lowest BCUT2D eigenvalue weighted by Crippen LogP contribution is -2.38. The van der Waals surface area contributed by atoms with Crippen molar-refractivity contribution in [2.75, 3.05) is 13.2 Å². The van der Waals surface area contributed by atoms with Crippen LogP contribution in [0.15, 0.2) is 30.5 Å². The Labute approximate surface area is 140 Å². The fourth-order valence-electron chi connectivity index (χ4n) is 3.05. The van der Waals surface area contributed by atoms with Gasteiger partial charge in [0.2, 0.25) is 5.91 Å². The van der Waals surface area contributed by atoms with Gasteiger partial charge in [-0.25, -0.2) is 0 Å². The monoisotopic (exact) mass is 325 g/mol. The van der Waals surface area contributed by atoms with E-state index >= 15 is 0 Å². The summed E-state index contributed by atoms with van der Waals surface area (Å²) < 4.78 is 7.26. The molecule has 2 atom stereocenters. The molecule has 0 radical (unpaired) electrons. The summed E-state index contributed by atoms with van der Waals surface area (Å²) in [7, 11) is 1.83. The fraction of sp³-hybridized carbons (Fsp3) is 0.389. The van der Waals surface area contributed by atoms with Gasteiger partial charge in [0.1, 0.15) is 0 Å². The van der Waals surface area contributed by atoms with Gasteiger partial charge in [-0.3, -0.25) is 9.59 Å². The van der Waals surface area contributed by atoms with Crippen molar-refractivity contribution in [1.29, 1.82) is 5.26 Å². The highest BCUT2D eigenvalue weighted by atomic mass is 16.5. The zero-order chi connectivity index (χ0) is 17.1. The molecule has 0 unspecified atom stereocenters. The maximum Gasteiger partial charge on any atom is 0.245 e. The van der Waals surface area contributed by atoms with Crippen LogP contribution >= 0.6 is 0 Å². The molecular weight excluding hydrogens is 306 g/mol. The molecule has 1 aromatic heterocycles. The van der Waals surface area contributed by atoms with E-state index in [1.54, 1.807) is 6.20 Å². The summed E-state index contributed by atoms with van der Waals surface area (Å²) in [5.41, 5.74) is 1.28. The number of ether oxygens (including phenoxy) is 1. The van der Waals surface area contributed by atoms with Crippen LogP contribution in [0.4, 0.5) is 0 Å². The number of carbonyl (C=O) groups excluding carboxylic acids is 2. The summed E-state index contributed by atoms with van der Waals surface area (Å²) in [6.45, 7) is 1.02. The van der Waals surface area contributed by atoms with Gasteiger partial charge in [0.25, 0.3) is 0 Å². The first-order valence-electron chi connectivity index (χ1n) is 7.99. The molecule has 6 heteroatoms. The Bertz CT molecular complexity index is 813. The normalized spacial score (nSPS) is 18.2. The number of carbonyl (C=O) groups is 2. The number of ketones is 1. The van der Waals surface area contributed by atoms with Gasteiger partial charge in [-0.1, -0.05) is 18.2 Å². The van der Waals surface area contributed by atoms with Crippen molar-refractivity contribution >= 4 is 22.6 Å². The van der Waals surface area contributed by atoms with E-state index in [9.17, 15) is 14.9 Å². The minimum absolute atomic E-state index is 0.0269. The molecule has 0 spiro atoms. The molecule has 0 bridgehead atoms. The van der Waals surface area contributed by atoms with Crippen LogP contribution in [0.25, 0.3) is 10.9 Å². The number of nitriles is 1. The quantitative estimate of drug-likeness (QED) is 0.671. The smallest absolute Gasteiger partial charge is 0.245 e. The molecule has 1 amide bonds. The summed E-state index contributed by atoms with van der Waals surface area (Å²) in [6.07, 6.45) is 3.50. The number of para-hydroxylation sites is 1. The third-order valence-corrected chi connectivity index (χ3v) is 4.34. The number of hydrogen-bond donors (Lipinski definition) is 1. The second kappa shape index (κ2) is 6.85. The molecule has 2 aromatic rings. The van der Waals surface area contributed by atoms with Gasteiger partial charge in [0.15, 0.2) is 11.7 Å². The zero-order valence-electron chi connectivity index (χ0n) is 13.5. The molecule has 24 heavy (non-hydrogen) atoms. The van der Waals surface area contributed by atoms with E-state index in [1.807, 2.05) is 41.9 Å². The summed E-state index contributed by atoms with van der Waals surface area (Å²) in [5.74, 6) is -2.39. The Hall–Kier alpha value is -2.65. The van der Waals surface area contributed by atoms with Crippen molar-refractivity contribution < 1.29 is 14.3 Å². The number of fused-ring (bicyclic) bond motifs is 1. The number of nitrogens with one attached hydrogen (secondary N) is 1. The highest BCUT2D eigenvalue weighted by Gasteiger charge is 2.30. The molecule has 1 aliphatic heterocycles. The molecule has 124 valence electrons. The van der Waals surface area contributed by atoms with Crippen molar-refractivity contribution in [2.45, 2.75) is 18.9 Å². The van der Waals surface area contributed by atoms with Gasteiger partial charge < -0.3 is 14.6 Å². The molecule has 0 saturated carbocycles. The Morgan fingerprint density at radius 3 is 2.96 bits per heavy atom. The standard InChI is InChI=1S/C18H19N3O3/c1-21-11-15(13-6-2-3-7-16(13)21)17(22)14(9-19)18(23)20-10-12-5-4-8-24-12/h2-3,6-7,11-12,14H,4-5,8,10H2,1H3,(H,20,23)/t12-,14+/m1/s1. The Balaban J connectivity index is 1.78. The van der Waals surface area contributed by atoms with Crippen LogP contribution in [-0.2, 0) is 16.6 Å². The van der Waals surface area contributed by atoms with E-state index in [0.29, 0.717) is 18.7 Å². The summed E-state index contributed by atoms with van der Waals surface area (Å²) >= 11 is 0. The number of aromatic nitrogens is 1. The summed E-state index contributed by atoms with van der Waals surface area (Å²) in [6, 6.07) is 9.27.